The molecule has 0 aliphatic heterocycles. The number of nitrogens with zero attached hydrogens (tertiary/aromatic N) is 1. The van der Waals surface area contributed by atoms with E-state index in [1.807, 2.05) is 0 Å². The van der Waals surface area contributed by atoms with Gasteiger partial charge in [-0.3, -0.25) is 0 Å². The summed E-state index contributed by atoms with van der Waals surface area (Å²) in [4.78, 5) is 0. The molecule has 0 atom stereocenters. The van der Waals surface area contributed by atoms with Crippen molar-refractivity contribution in [1.29, 1.82) is 0 Å². The monoisotopic (exact) mass is 526 g/mol. The minimum atomic E-state index is -0.0339. The summed E-state index contributed by atoms with van der Waals surface area (Å²) in [5, 5.41) is 6.14. The highest BCUT2D eigenvalue weighted by Crippen LogP contribution is 2.49. The largest absolute Gasteiger partial charge is 0.356 e. The molecule has 0 bridgehead atoms. The highest BCUT2D eigenvalue weighted by atomic mass is 15.0. The van der Waals surface area contributed by atoms with E-state index in [9.17, 15) is 0 Å². The molecule has 0 saturated carbocycles. The van der Waals surface area contributed by atoms with Crippen molar-refractivity contribution in [2.75, 3.05) is 5.32 Å². The van der Waals surface area contributed by atoms with Crippen molar-refractivity contribution in [2.45, 2.75) is 19.3 Å². The Kier molecular flexibility index (Phi) is 5.20. The predicted molar refractivity (Wildman–Crippen MR) is 174 cm³/mol. The number of nitrogens with one attached hydrogen (secondary N) is 1. The third kappa shape index (κ3) is 3.72. The van der Waals surface area contributed by atoms with Gasteiger partial charge in [0.25, 0.3) is 0 Å². The number of benzene rings is 6. The maximum Gasteiger partial charge on any atom is 0.0542 e. The summed E-state index contributed by atoms with van der Waals surface area (Å²) in [5.41, 5.74) is 13.7. The van der Waals surface area contributed by atoms with Crippen LogP contribution in [0.5, 0.6) is 0 Å². The van der Waals surface area contributed by atoms with Crippen LogP contribution in [-0.2, 0) is 5.41 Å². The van der Waals surface area contributed by atoms with E-state index in [0.29, 0.717) is 0 Å². The van der Waals surface area contributed by atoms with Gasteiger partial charge in [0.2, 0.25) is 0 Å². The molecule has 0 amide bonds. The topological polar surface area (TPSA) is 17.0 Å². The summed E-state index contributed by atoms with van der Waals surface area (Å²) in [7, 11) is 0. The van der Waals surface area contributed by atoms with Crippen LogP contribution in [0.1, 0.15) is 25.0 Å². The molecular weight excluding hydrogens is 496 g/mol. The highest BCUT2D eigenvalue weighted by Gasteiger charge is 2.35. The molecule has 1 aliphatic rings. The summed E-state index contributed by atoms with van der Waals surface area (Å²) in [6, 6.07) is 50.5. The Bertz CT molecular complexity index is 2080. The Labute approximate surface area is 240 Å². The zero-order chi connectivity index (χ0) is 27.6. The van der Waals surface area contributed by atoms with Crippen LogP contribution in [0.4, 0.5) is 11.4 Å². The van der Waals surface area contributed by atoms with Crippen LogP contribution in [0.3, 0.4) is 0 Å². The van der Waals surface area contributed by atoms with Crippen LogP contribution in [0.2, 0.25) is 0 Å². The number of fused-ring (bicyclic) bond motifs is 6. The van der Waals surface area contributed by atoms with Gasteiger partial charge in [-0.05, 0) is 81.9 Å². The van der Waals surface area contributed by atoms with Crippen LogP contribution < -0.4 is 5.32 Å². The van der Waals surface area contributed by atoms with Gasteiger partial charge in [0.15, 0.2) is 0 Å². The van der Waals surface area contributed by atoms with Gasteiger partial charge in [-0.1, -0.05) is 105 Å². The molecule has 0 radical (unpaired) electrons. The number of hydrogen-bond acceptors (Lipinski definition) is 1. The second-order valence-corrected chi connectivity index (χ2v) is 11.6. The lowest BCUT2D eigenvalue weighted by molar-refractivity contribution is 0.660. The van der Waals surface area contributed by atoms with Gasteiger partial charge in [-0.25, -0.2) is 0 Å². The normalized spacial score (nSPS) is 13.3. The molecule has 1 heterocycles. The zero-order valence-corrected chi connectivity index (χ0v) is 23.2. The van der Waals surface area contributed by atoms with Crippen LogP contribution in [-0.4, -0.2) is 4.57 Å². The smallest absolute Gasteiger partial charge is 0.0542 e. The average Bonchev–Trinajstić information content (AvgIpc) is 3.46. The third-order valence-electron chi connectivity index (χ3n) is 8.78. The fourth-order valence-corrected chi connectivity index (χ4v) is 6.70. The van der Waals surface area contributed by atoms with Crippen LogP contribution >= 0.6 is 0 Å². The highest BCUT2D eigenvalue weighted by molar-refractivity contribution is 6.10. The lowest BCUT2D eigenvalue weighted by Crippen LogP contribution is -2.15. The van der Waals surface area contributed by atoms with Gasteiger partial charge in [0, 0.05) is 33.2 Å². The Hall–Kier alpha value is -5.08. The maximum atomic E-state index is 3.63. The second kappa shape index (κ2) is 8.97. The molecular formula is C39H30N2. The molecule has 2 heteroatoms. The van der Waals surface area contributed by atoms with Gasteiger partial charge < -0.3 is 9.88 Å². The molecule has 196 valence electrons. The van der Waals surface area contributed by atoms with Crippen molar-refractivity contribution < 1.29 is 0 Å². The van der Waals surface area contributed by atoms with Crippen molar-refractivity contribution in [3.63, 3.8) is 0 Å². The predicted octanol–water partition coefficient (Wildman–Crippen LogP) is 10.5. The van der Waals surface area contributed by atoms with E-state index in [-0.39, 0.29) is 5.41 Å². The SMILES string of the molecule is CC1(C)c2ccccc2-c2ccc(-n3c4ccccc4c4cc(Nc5ccc(-c6ccccc6)cc5)ccc43)cc21. The van der Waals surface area contributed by atoms with E-state index < -0.39 is 0 Å². The van der Waals surface area contributed by atoms with Crippen LogP contribution in [0, 0.1) is 0 Å². The first-order valence-electron chi connectivity index (χ1n) is 14.3. The minimum Gasteiger partial charge on any atom is -0.356 e. The standard InChI is InChI=1S/C39H30N2/c1-39(2)35-14-8-6-12-31(35)32-22-21-30(25-36(32)39)41-37-15-9-7-13-33(37)34-24-29(20-23-38(34)41)40-28-18-16-27(17-19-28)26-10-4-3-5-11-26/h3-25,40H,1-2H3. The molecule has 0 spiro atoms. The first-order valence-corrected chi connectivity index (χ1v) is 14.3. The number of hydrogen-bond donors (Lipinski definition) is 1. The van der Waals surface area contributed by atoms with Gasteiger partial charge in [-0.15, -0.1) is 0 Å². The number of para-hydroxylation sites is 1. The molecule has 1 aliphatic carbocycles. The first-order chi connectivity index (χ1) is 20.1. The summed E-state index contributed by atoms with van der Waals surface area (Å²) in [6.45, 7) is 4.69. The van der Waals surface area contributed by atoms with Gasteiger partial charge >= 0.3 is 0 Å². The number of aromatic nitrogens is 1. The third-order valence-corrected chi connectivity index (χ3v) is 8.78. The molecule has 0 fully saturated rings. The van der Waals surface area contributed by atoms with Gasteiger partial charge in [0.1, 0.15) is 0 Å². The van der Waals surface area contributed by atoms with E-state index in [1.165, 1.54) is 60.9 Å². The van der Waals surface area contributed by atoms with E-state index >= 15 is 0 Å². The minimum absolute atomic E-state index is 0.0339. The van der Waals surface area contributed by atoms with E-state index in [1.54, 1.807) is 0 Å². The summed E-state index contributed by atoms with van der Waals surface area (Å²) < 4.78 is 2.42. The van der Waals surface area contributed by atoms with Gasteiger partial charge in [-0.2, -0.15) is 0 Å². The summed E-state index contributed by atoms with van der Waals surface area (Å²) in [5.74, 6) is 0. The Balaban J connectivity index is 1.20. The van der Waals surface area contributed by atoms with Crippen LogP contribution in [0.15, 0.2) is 140 Å². The Morgan fingerprint density at radius 3 is 2.00 bits per heavy atom. The Morgan fingerprint density at radius 2 is 1.15 bits per heavy atom. The average molecular weight is 527 g/mol. The quantitative estimate of drug-likeness (QED) is 0.241. The maximum absolute atomic E-state index is 3.63. The Morgan fingerprint density at radius 1 is 0.488 bits per heavy atom. The molecule has 7 aromatic rings. The molecule has 2 nitrogen and oxygen atoms in total. The number of anilines is 2. The van der Waals surface area contributed by atoms with Crippen molar-refractivity contribution in [3.8, 4) is 27.9 Å². The molecule has 1 N–H and O–H groups in total. The molecule has 0 unspecified atom stereocenters. The zero-order valence-electron chi connectivity index (χ0n) is 23.2. The van der Waals surface area contributed by atoms with E-state index in [2.05, 4.69) is 163 Å². The number of rotatable bonds is 4. The lowest BCUT2D eigenvalue weighted by atomic mass is 9.82. The van der Waals surface area contributed by atoms with Crippen molar-refractivity contribution in [3.05, 3.63) is 151 Å². The fraction of sp³-hybridized carbons (Fsp3) is 0.0769. The first kappa shape index (κ1) is 23.8. The van der Waals surface area contributed by atoms with Crippen molar-refractivity contribution >= 4 is 33.2 Å². The van der Waals surface area contributed by atoms with Crippen molar-refractivity contribution in [2.24, 2.45) is 0 Å². The van der Waals surface area contributed by atoms with E-state index in [0.717, 1.165) is 11.4 Å². The van der Waals surface area contributed by atoms with Crippen molar-refractivity contribution in [1.82, 2.24) is 4.57 Å². The lowest BCUT2D eigenvalue weighted by Gasteiger charge is -2.22. The molecule has 0 saturated heterocycles. The second-order valence-electron chi connectivity index (χ2n) is 11.6. The molecule has 6 aromatic carbocycles. The van der Waals surface area contributed by atoms with E-state index in [4.69, 9.17) is 0 Å². The summed E-state index contributed by atoms with van der Waals surface area (Å²) in [6.07, 6.45) is 0. The molecule has 41 heavy (non-hydrogen) atoms. The fourth-order valence-electron chi connectivity index (χ4n) is 6.70. The van der Waals surface area contributed by atoms with Crippen LogP contribution in [0.25, 0.3) is 49.7 Å². The molecule has 8 rings (SSSR count). The van der Waals surface area contributed by atoms with Gasteiger partial charge in [0.05, 0.1) is 11.0 Å². The molecule has 1 aromatic heterocycles. The summed E-state index contributed by atoms with van der Waals surface area (Å²) >= 11 is 0.